The predicted molar refractivity (Wildman–Crippen MR) is 106 cm³/mol. The van der Waals surface area contributed by atoms with Gasteiger partial charge in [-0.25, -0.2) is 0 Å². The van der Waals surface area contributed by atoms with Crippen LogP contribution in [0.3, 0.4) is 0 Å². The second kappa shape index (κ2) is 8.32. The molecule has 25 heavy (non-hydrogen) atoms. The first kappa shape index (κ1) is 19.2. The van der Waals surface area contributed by atoms with Gasteiger partial charge in [-0.3, -0.25) is 19.2 Å². The lowest BCUT2D eigenvalue weighted by Gasteiger charge is -2.35. The maximum absolute atomic E-state index is 12.5. The van der Waals surface area contributed by atoms with Crippen molar-refractivity contribution in [1.29, 1.82) is 0 Å². The molecule has 3 heterocycles. The van der Waals surface area contributed by atoms with E-state index >= 15 is 0 Å². The summed E-state index contributed by atoms with van der Waals surface area (Å²) in [7, 11) is 5.47. The lowest BCUT2D eigenvalue weighted by Crippen LogP contribution is -2.55. The lowest BCUT2D eigenvalue weighted by molar-refractivity contribution is -0.120. The summed E-state index contributed by atoms with van der Waals surface area (Å²) in [6, 6.07) is 1.95. The molecule has 0 aliphatic carbocycles. The van der Waals surface area contributed by atoms with E-state index in [4.69, 9.17) is 0 Å². The van der Waals surface area contributed by atoms with E-state index in [0.717, 1.165) is 17.3 Å². The van der Waals surface area contributed by atoms with Gasteiger partial charge in [-0.05, 0) is 6.07 Å². The van der Waals surface area contributed by atoms with Gasteiger partial charge in [-0.1, -0.05) is 0 Å². The zero-order valence-corrected chi connectivity index (χ0v) is 16.9. The molecule has 0 unspecified atom stereocenters. The van der Waals surface area contributed by atoms with Gasteiger partial charge in [0.2, 0.25) is 5.91 Å². The van der Waals surface area contributed by atoms with Crippen LogP contribution in [0.4, 0.5) is 5.69 Å². The van der Waals surface area contributed by atoms with Crippen molar-refractivity contribution in [3.05, 3.63) is 30.4 Å². The summed E-state index contributed by atoms with van der Waals surface area (Å²) < 4.78 is 3.51. The number of carbonyl (C=O) groups is 1. The minimum absolute atomic E-state index is 0. The van der Waals surface area contributed by atoms with Crippen LogP contribution in [0.2, 0.25) is 0 Å². The van der Waals surface area contributed by atoms with Gasteiger partial charge in [0.25, 0.3) is 0 Å². The number of carbonyl (C=O) groups excluding carboxylic acids is 1. The normalized spacial score (nSPS) is 15.3. The molecule has 0 bridgehead atoms. The van der Waals surface area contributed by atoms with Crippen LogP contribution in [0.25, 0.3) is 0 Å². The molecular weight excluding hydrogens is 435 g/mol. The van der Waals surface area contributed by atoms with Gasteiger partial charge < -0.3 is 15.1 Å². The second-order valence-electron chi connectivity index (χ2n) is 5.69. The summed E-state index contributed by atoms with van der Waals surface area (Å²) in [5.41, 5.74) is 1.89. The molecule has 1 saturated heterocycles. The maximum Gasteiger partial charge on any atom is 0.246 e. The fourth-order valence-corrected chi connectivity index (χ4v) is 2.75. The van der Waals surface area contributed by atoms with E-state index in [1.165, 1.54) is 0 Å². The molecule has 0 saturated carbocycles. The molecule has 1 fully saturated rings. The van der Waals surface area contributed by atoms with E-state index in [0.29, 0.717) is 26.2 Å². The van der Waals surface area contributed by atoms with Gasteiger partial charge in [-0.15, -0.1) is 24.0 Å². The third-order valence-corrected chi connectivity index (χ3v) is 4.09. The fourth-order valence-electron chi connectivity index (χ4n) is 2.75. The molecule has 1 N–H and O–H groups in total. The van der Waals surface area contributed by atoms with Crippen molar-refractivity contribution < 1.29 is 4.79 Å². The number of anilines is 1. The Hall–Kier alpha value is -2.11. The number of aliphatic imine (C=N–C) groups is 1. The number of amides is 1. The van der Waals surface area contributed by atoms with Gasteiger partial charge >= 0.3 is 0 Å². The van der Waals surface area contributed by atoms with E-state index in [-0.39, 0.29) is 29.9 Å². The highest BCUT2D eigenvalue weighted by Gasteiger charge is 2.27. The summed E-state index contributed by atoms with van der Waals surface area (Å²) in [5, 5.41) is 11.6. The van der Waals surface area contributed by atoms with Gasteiger partial charge in [-0.2, -0.15) is 10.2 Å². The number of rotatable bonds is 3. The molecule has 2 aromatic rings. The van der Waals surface area contributed by atoms with E-state index in [1.54, 1.807) is 29.0 Å². The van der Waals surface area contributed by atoms with Gasteiger partial charge in [0.05, 0.1) is 24.1 Å². The molecule has 1 amide bonds. The number of aryl methyl sites for hydroxylation is 2. The Labute approximate surface area is 163 Å². The number of halogens is 1. The summed E-state index contributed by atoms with van der Waals surface area (Å²) in [5.74, 6) is 0.758. The van der Waals surface area contributed by atoms with Crippen molar-refractivity contribution in [3.8, 4) is 0 Å². The van der Waals surface area contributed by atoms with Crippen LogP contribution in [-0.2, 0) is 25.4 Å². The number of guanidine groups is 1. The highest BCUT2D eigenvalue weighted by molar-refractivity contribution is 14.0. The minimum Gasteiger partial charge on any atom is -0.351 e. The van der Waals surface area contributed by atoms with E-state index in [2.05, 4.69) is 20.5 Å². The number of aromatic nitrogens is 4. The number of piperazine rings is 1. The molecule has 3 rings (SSSR count). The van der Waals surface area contributed by atoms with E-state index < -0.39 is 0 Å². The fraction of sp³-hybridized carbons (Fsp3) is 0.467. The average Bonchev–Trinajstić information content (AvgIpc) is 3.17. The topological polar surface area (TPSA) is 83.6 Å². The highest BCUT2D eigenvalue weighted by atomic mass is 127. The van der Waals surface area contributed by atoms with Crippen molar-refractivity contribution in [1.82, 2.24) is 29.8 Å². The molecule has 9 nitrogen and oxygen atoms in total. The van der Waals surface area contributed by atoms with Crippen molar-refractivity contribution in [2.75, 3.05) is 31.6 Å². The molecule has 1 aliphatic rings. The SMILES string of the molecule is CN=C(NCc1ccnn1C)N1CCN(c2cnn(C)c2)C(=O)C1.I. The third-order valence-electron chi connectivity index (χ3n) is 4.09. The Balaban J connectivity index is 0.00000225. The molecule has 1 aliphatic heterocycles. The van der Waals surface area contributed by atoms with Gasteiger partial charge in [0.15, 0.2) is 5.96 Å². The van der Waals surface area contributed by atoms with Gasteiger partial charge in [0.1, 0.15) is 6.54 Å². The monoisotopic (exact) mass is 458 g/mol. The minimum atomic E-state index is 0. The second-order valence-corrected chi connectivity index (χ2v) is 5.69. The Morgan fingerprint density at radius 3 is 2.68 bits per heavy atom. The summed E-state index contributed by atoms with van der Waals surface area (Å²) in [6.45, 7) is 2.22. The maximum atomic E-state index is 12.5. The van der Waals surface area contributed by atoms with Crippen LogP contribution in [0.15, 0.2) is 29.6 Å². The number of hydrogen-bond acceptors (Lipinski definition) is 4. The predicted octanol–water partition coefficient (Wildman–Crippen LogP) is 0.196. The number of hydrogen-bond donors (Lipinski definition) is 1. The Morgan fingerprint density at radius 1 is 1.32 bits per heavy atom. The largest absolute Gasteiger partial charge is 0.351 e. The van der Waals surface area contributed by atoms with Crippen LogP contribution >= 0.6 is 24.0 Å². The number of nitrogens with zero attached hydrogens (tertiary/aromatic N) is 7. The first-order valence-electron chi connectivity index (χ1n) is 7.80. The molecule has 136 valence electrons. The van der Waals surface area contributed by atoms with Crippen molar-refractivity contribution >= 4 is 41.5 Å². The summed E-state index contributed by atoms with van der Waals surface area (Å²) in [6.07, 6.45) is 5.32. The Bertz CT molecular complexity index is 752. The quantitative estimate of drug-likeness (QED) is 0.404. The highest BCUT2D eigenvalue weighted by Crippen LogP contribution is 2.16. The standard InChI is InChI=1S/C15H22N8O.HI/c1-16-15(17-8-12-4-5-18-21(12)3)22-6-7-23(14(24)11-22)13-9-19-20(2)10-13;/h4-5,9-10H,6-8,11H2,1-3H3,(H,16,17);1H. The molecule has 2 aromatic heterocycles. The van der Waals surface area contributed by atoms with Crippen LogP contribution in [0, 0.1) is 0 Å². The van der Waals surface area contributed by atoms with Crippen molar-refractivity contribution in [2.24, 2.45) is 19.1 Å². The molecular formula is C15H23IN8O. The zero-order valence-electron chi connectivity index (χ0n) is 14.6. The van der Waals surface area contributed by atoms with E-state index in [9.17, 15) is 4.79 Å². The first-order chi connectivity index (χ1) is 11.6. The van der Waals surface area contributed by atoms with Crippen LogP contribution in [-0.4, -0.2) is 63.0 Å². The molecule has 0 aromatic carbocycles. The van der Waals surface area contributed by atoms with Crippen LogP contribution in [0.5, 0.6) is 0 Å². The summed E-state index contributed by atoms with van der Waals surface area (Å²) >= 11 is 0. The average molecular weight is 458 g/mol. The van der Waals surface area contributed by atoms with Crippen molar-refractivity contribution in [2.45, 2.75) is 6.54 Å². The molecule has 0 spiro atoms. The Kier molecular flexibility index (Phi) is 6.39. The number of nitrogens with one attached hydrogen (secondary N) is 1. The van der Waals surface area contributed by atoms with Crippen LogP contribution < -0.4 is 10.2 Å². The first-order valence-corrected chi connectivity index (χ1v) is 7.80. The summed E-state index contributed by atoms with van der Waals surface area (Å²) in [4.78, 5) is 20.5. The third kappa shape index (κ3) is 4.30. The molecule has 10 heteroatoms. The zero-order chi connectivity index (χ0) is 17.1. The van der Waals surface area contributed by atoms with Crippen molar-refractivity contribution in [3.63, 3.8) is 0 Å². The smallest absolute Gasteiger partial charge is 0.246 e. The van der Waals surface area contributed by atoms with E-state index in [1.807, 2.05) is 35.9 Å². The molecule has 0 radical (unpaired) electrons. The molecule has 0 atom stereocenters. The van der Waals surface area contributed by atoms with Crippen LogP contribution in [0.1, 0.15) is 5.69 Å². The van der Waals surface area contributed by atoms with Gasteiger partial charge in [0, 0.05) is 46.6 Å². The Morgan fingerprint density at radius 2 is 2.12 bits per heavy atom. The lowest BCUT2D eigenvalue weighted by atomic mass is 10.3.